The standard InChI is InChI=1S/C18H32N2O3/c1-14-5-3-4-6-17(14)23-13-18(21)20-11-15(2)16(12-20)19-7-9-22-10-8-19/h14-17H,3-13H2,1-2H3/t14-,15+,16+,17+/m1/s1. The van der Waals surface area contributed by atoms with Crippen molar-refractivity contribution in [2.45, 2.75) is 51.7 Å². The van der Waals surface area contributed by atoms with Gasteiger partial charge in [0.15, 0.2) is 0 Å². The lowest BCUT2D eigenvalue weighted by Gasteiger charge is -2.34. The molecule has 3 fully saturated rings. The minimum absolute atomic E-state index is 0.172. The van der Waals surface area contributed by atoms with E-state index in [0.717, 1.165) is 45.8 Å². The van der Waals surface area contributed by atoms with Crippen molar-refractivity contribution >= 4 is 5.91 Å². The van der Waals surface area contributed by atoms with Gasteiger partial charge in [0.05, 0.1) is 19.3 Å². The highest BCUT2D eigenvalue weighted by Gasteiger charge is 2.36. The van der Waals surface area contributed by atoms with Crippen LogP contribution in [0.5, 0.6) is 0 Å². The maximum Gasteiger partial charge on any atom is 0.248 e. The molecule has 1 saturated carbocycles. The van der Waals surface area contributed by atoms with Crippen LogP contribution in [0, 0.1) is 11.8 Å². The van der Waals surface area contributed by atoms with Crippen molar-refractivity contribution in [1.29, 1.82) is 0 Å². The van der Waals surface area contributed by atoms with Gasteiger partial charge in [0, 0.05) is 32.2 Å². The van der Waals surface area contributed by atoms with Gasteiger partial charge >= 0.3 is 0 Å². The number of likely N-dealkylation sites (tertiary alicyclic amines) is 1. The monoisotopic (exact) mass is 324 g/mol. The number of ether oxygens (including phenoxy) is 2. The zero-order chi connectivity index (χ0) is 16.2. The van der Waals surface area contributed by atoms with Crippen LogP contribution in [0.2, 0.25) is 0 Å². The van der Waals surface area contributed by atoms with Crippen molar-refractivity contribution in [2.75, 3.05) is 46.0 Å². The van der Waals surface area contributed by atoms with Crippen molar-refractivity contribution in [3.63, 3.8) is 0 Å². The third kappa shape index (κ3) is 4.25. The number of amides is 1. The molecule has 0 bridgehead atoms. The number of carbonyl (C=O) groups excluding carboxylic acids is 1. The van der Waals surface area contributed by atoms with Crippen LogP contribution in [0.25, 0.3) is 0 Å². The maximum atomic E-state index is 12.5. The molecule has 0 aromatic rings. The second kappa shape index (κ2) is 7.95. The molecular formula is C18H32N2O3. The summed E-state index contributed by atoms with van der Waals surface area (Å²) in [5.41, 5.74) is 0. The van der Waals surface area contributed by atoms with E-state index < -0.39 is 0 Å². The van der Waals surface area contributed by atoms with Gasteiger partial charge in [-0.2, -0.15) is 0 Å². The molecule has 4 atom stereocenters. The Balaban J connectivity index is 1.46. The van der Waals surface area contributed by atoms with E-state index in [4.69, 9.17) is 9.47 Å². The van der Waals surface area contributed by atoms with E-state index in [-0.39, 0.29) is 18.6 Å². The average molecular weight is 324 g/mol. The molecule has 0 N–H and O–H groups in total. The van der Waals surface area contributed by atoms with Gasteiger partial charge in [-0.3, -0.25) is 9.69 Å². The molecular weight excluding hydrogens is 292 g/mol. The molecule has 3 rings (SSSR count). The van der Waals surface area contributed by atoms with E-state index in [9.17, 15) is 4.79 Å². The summed E-state index contributed by atoms with van der Waals surface area (Å²) in [6.07, 6.45) is 5.17. The van der Waals surface area contributed by atoms with Crippen LogP contribution in [0.4, 0.5) is 0 Å². The van der Waals surface area contributed by atoms with Crippen LogP contribution in [0.1, 0.15) is 39.5 Å². The first-order chi connectivity index (χ1) is 11.1. The van der Waals surface area contributed by atoms with E-state index in [2.05, 4.69) is 18.7 Å². The van der Waals surface area contributed by atoms with E-state index in [0.29, 0.717) is 17.9 Å². The number of hydrogen-bond acceptors (Lipinski definition) is 4. The predicted octanol–water partition coefficient (Wildman–Crippen LogP) is 1.76. The molecule has 23 heavy (non-hydrogen) atoms. The van der Waals surface area contributed by atoms with Crippen LogP contribution in [0.3, 0.4) is 0 Å². The van der Waals surface area contributed by atoms with Gasteiger partial charge in [-0.25, -0.2) is 0 Å². The van der Waals surface area contributed by atoms with Gasteiger partial charge in [-0.15, -0.1) is 0 Å². The van der Waals surface area contributed by atoms with Crippen LogP contribution in [-0.2, 0) is 14.3 Å². The average Bonchev–Trinajstić information content (AvgIpc) is 2.96. The second-order valence-electron chi connectivity index (χ2n) is 7.60. The third-order valence-electron chi connectivity index (χ3n) is 5.89. The zero-order valence-electron chi connectivity index (χ0n) is 14.7. The lowest BCUT2D eigenvalue weighted by atomic mass is 9.88. The fraction of sp³-hybridized carbons (Fsp3) is 0.944. The quantitative estimate of drug-likeness (QED) is 0.790. The lowest BCUT2D eigenvalue weighted by Crippen LogP contribution is -2.47. The first-order valence-electron chi connectivity index (χ1n) is 9.36. The van der Waals surface area contributed by atoms with E-state index in [1.54, 1.807) is 0 Å². The van der Waals surface area contributed by atoms with Crippen LogP contribution >= 0.6 is 0 Å². The molecule has 3 aliphatic rings. The molecule has 5 nitrogen and oxygen atoms in total. The third-order valence-corrected chi connectivity index (χ3v) is 5.89. The van der Waals surface area contributed by atoms with E-state index in [1.807, 2.05) is 4.90 Å². The summed E-state index contributed by atoms with van der Waals surface area (Å²) >= 11 is 0. The molecule has 132 valence electrons. The van der Waals surface area contributed by atoms with Crippen molar-refractivity contribution in [1.82, 2.24) is 9.80 Å². The fourth-order valence-electron chi connectivity index (χ4n) is 4.34. The zero-order valence-corrected chi connectivity index (χ0v) is 14.7. The maximum absolute atomic E-state index is 12.5. The van der Waals surface area contributed by atoms with Crippen LogP contribution in [0.15, 0.2) is 0 Å². The first-order valence-corrected chi connectivity index (χ1v) is 9.36. The van der Waals surface area contributed by atoms with Gasteiger partial charge in [0.1, 0.15) is 6.61 Å². The molecule has 0 unspecified atom stereocenters. The molecule has 0 aromatic carbocycles. The van der Waals surface area contributed by atoms with Gasteiger partial charge in [-0.1, -0.05) is 26.7 Å². The number of carbonyl (C=O) groups is 1. The van der Waals surface area contributed by atoms with Gasteiger partial charge in [-0.05, 0) is 24.7 Å². The number of hydrogen-bond donors (Lipinski definition) is 0. The molecule has 1 amide bonds. The smallest absolute Gasteiger partial charge is 0.248 e. The highest BCUT2D eigenvalue weighted by atomic mass is 16.5. The molecule has 2 heterocycles. The summed E-state index contributed by atoms with van der Waals surface area (Å²) in [7, 11) is 0. The molecule has 0 radical (unpaired) electrons. The van der Waals surface area contributed by atoms with Gasteiger partial charge in [0.2, 0.25) is 5.91 Å². The Morgan fingerprint density at radius 3 is 2.57 bits per heavy atom. The van der Waals surface area contributed by atoms with Crippen molar-refractivity contribution in [3.8, 4) is 0 Å². The summed E-state index contributed by atoms with van der Waals surface area (Å²) in [6.45, 7) is 10.1. The highest BCUT2D eigenvalue weighted by molar-refractivity contribution is 5.77. The molecule has 1 aliphatic carbocycles. The topological polar surface area (TPSA) is 42.0 Å². The van der Waals surface area contributed by atoms with E-state index in [1.165, 1.54) is 19.3 Å². The lowest BCUT2D eigenvalue weighted by molar-refractivity contribution is -0.139. The van der Waals surface area contributed by atoms with Crippen molar-refractivity contribution < 1.29 is 14.3 Å². The Morgan fingerprint density at radius 2 is 1.83 bits per heavy atom. The highest BCUT2D eigenvalue weighted by Crippen LogP contribution is 2.27. The summed E-state index contributed by atoms with van der Waals surface area (Å²) in [6, 6.07) is 0.483. The van der Waals surface area contributed by atoms with Gasteiger partial charge in [0.25, 0.3) is 0 Å². The molecule has 0 spiro atoms. The summed E-state index contributed by atoms with van der Waals surface area (Å²) in [5, 5.41) is 0. The molecule has 2 aliphatic heterocycles. The Hall–Kier alpha value is -0.650. The second-order valence-corrected chi connectivity index (χ2v) is 7.60. The Kier molecular flexibility index (Phi) is 5.94. The molecule has 0 aromatic heterocycles. The Labute approximate surface area is 140 Å². The fourth-order valence-corrected chi connectivity index (χ4v) is 4.34. The Morgan fingerprint density at radius 1 is 1.09 bits per heavy atom. The largest absolute Gasteiger partial charge is 0.379 e. The predicted molar refractivity (Wildman–Crippen MR) is 89.3 cm³/mol. The van der Waals surface area contributed by atoms with Crippen LogP contribution < -0.4 is 0 Å². The molecule has 5 heteroatoms. The van der Waals surface area contributed by atoms with Gasteiger partial charge < -0.3 is 14.4 Å². The number of rotatable bonds is 4. The van der Waals surface area contributed by atoms with E-state index >= 15 is 0 Å². The van der Waals surface area contributed by atoms with Crippen molar-refractivity contribution in [2.24, 2.45) is 11.8 Å². The van der Waals surface area contributed by atoms with Crippen LogP contribution in [-0.4, -0.2) is 73.9 Å². The number of morpholine rings is 1. The minimum Gasteiger partial charge on any atom is -0.379 e. The summed E-state index contributed by atoms with van der Waals surface area (Å²) < 4.78 is 11.4. The Bertz CT molecular complexity index is 398. The molecule has 2 saturated heterocycles. The summed E-state index contributed by atoms with van der Waals surface area (Å²) in [4.78, 5) is 17.0. The SMILES string of the molecule is C[C@@H]1CCCC[C@@H]1OCC(=O)N1C[C@H](C)[C@@H](N2CCOCC2)C1. The first kappa shape index (κ1) is 17.2. The van der Waals surface area contributed by atoms with Crippen molar-refractivity contribution in [3.05, 3.63) is 0 Å². The number of nitrogens with zero attached hydrogens (tertiary/aromatic N) is 2. The normalized spacial score (nSPS) is 36.3. The minimum atomic E-state index is 0.172. The summed E-state index contributed by atoms with van der Waals surface area (Å²) in [5.74, 6) is 1.30.